The fraction of sp³-hybridized carbons (Fsp3) is 0.182. The number of halogens is 2. The quantitative estimate of drug-likeness (QED) is 0.841. The first-order chi connectivity index (χ1) is 7.99. The highest BCUT2D eigenvalue weighted by atomic mass is 19.2. The molecule has 0 aliphatic carbocycles. The van der Waals surface area contributed by atoms with Gasteiger partial charge in [0.05, 0.1) is 5.69 Å². The van der Waals surface area contributed by atoms with Crippen LogP contribution in [0.3, 0.4) is 0 Å². The number of nitrogens with zero attached hydrogens (tertiary/aromatic N) is 2. The van der Waals surface area contributed by atoms with Crippen LogP contribution in [0.1, 0.15) is 0 Å². The van der Waals surface area contributed by atoms with Crippen LogP contribution in [0.5, 0.6) is 0 Å². The molecule has 0 amide bonds. The molecule has 0 aliphatic rings. The zero-order valence-corrected chi connectivity index (χ0v) is 9.46. The first kappa shape index (κ1) is 11.4. The summed E-state index contributed by atoms with van der Waals surface area (Å²) in [6.45, 7) is 0. The Bertz CT molecular complexity index is 548. The Balaban J connectivity index is 2.63. The number of aromatic amines is 1. The Kier molecular flexibility index (Phi) is 2.71. The number of anilines is 2. The van der Waals surface area contributed by atoms with Gasteiger partial charge < -0.3 is 10.6 Å². The van der Waals surface area contributed by atoms with E-state index >= 15 is 0 Å². The van der Waals surface area contributed by atoms with Gasteiger partial charge in [-0.1, -0.05) is 0 Å². The van der Waals surface area contributed by atoms with Crippen LogP contribution in [0.4, 0.5) is 20.3 Å². The zero-order valence-electron chi connectivity index (χ0n) is 9.46. The molecule has 0 atom stereocenters. The van der Waals surface area contributed by atoms with Crippen LogP contribution in [0.15, 0.2) is 18.2 Å². The second-order valence-corrected chi connectivity index (χ2v) is 3.88. The summed E-state index contributed by atoms with van der Waals surface area (Å²) in [4.78, 5) is 1.69. The largest absolute Gasteiger partial charge is 0.382 e. The fourth-order valence-electron chi connectivity index (χ4n) is 1.60. The van der Waals surface area contributed by atoms with Gasteiger partial charge in [-0.25, -0.2) is 8.78 Å². The number of hydrogen-bond acceptors (Lipinski definition) is 3. The van der Waals surface area contributed by atoms with E-state index in [1.54, 1.807) is 25.1 Å². The van der Waals surface area contributed by atoms with E-state index in [1.165, 1.54) is 0 Å². The van der Waals surface area contributed by atoms with E-state index in [1.807, 2.05) is 0 Å². The molecule has 2 rings (SSSR count). The van der Waals surface area contributed by atoms with Crippen LogP contribution in [-0.2, 0) is 0 Å². The van der Waals surface area contributed by atoms with E-state index in [4.69, 9.17) is 5.73 Å². The number of nitrogens with one attached hydrogen (secondary N) is 1. The Morgan fingerprint density at radius 1 is 1.18 bits per heavy atom. The molecule has 17 heavy (non-hydrogen) atoms. The fourth-order valence-corrected chi connectivity index (χ4v) is 1.60. The van der Waals surface area contributed by atoms with Gasteiger partial charge in [-0.3, -0.25) is 5.10 Å². The minimum absolute atomic E-state index is 0.300. The van der Waals surface area contributed by atoms with Crippen molar-refractivity contribution in [3.63, 3.8) is 0 Å². The molecule has 4 nitrogen and oxygen atoms in total. The average molecular weight is 238 g/mol. The van der Waals surface area contributed by atoms with Crippen LogP contribution < -0.4 is 10.6 Å². The summed E-state index contributed by atoms with van der Waals surface area (Å²) >= 11 is 0. The summed E-state index contributed by atoms with van der Waals surface area (Å²) < 4.78 is 26.4. The normalized spacial score (nSPS) is 10.6. The SMILES string of the molecule is CN(C)c1cc(F)c(F)cc1-c1cc(N)n[nH]1. The van der Waals surface area contributed by atoms with Gasteiger partial charge in [0, 0.05) is 37.5 Å². The smallest absolute Gasteiger partial charge is 0.160 e. The third-order valence-electron chi connectivity index (χ3n) is 2.41. The summed E-state index contributed by atoms with van der Waals surface area (Å²) in [6, 6.07) is 3.83. The molecular formula is C11H12F2N4. The van der Waals surface area contributed by atoms with Gasteiger partial charge in [0.15, 0.2) is 11.6 Å². The van der Waals surface area contributed by atoms with E-state index < -0.39 is 11.6 Å². The van der Waals surface area contributed by atoms with Crippen molar-refractivity contribution in [2.24, 2.45) is 0 Å². The lowest BCUT2D eigenvalue weighted by Crippen LogP contribution is -2.11. The lowest BCUT2D eigenvalue weighted by atomic mass is 10.1. The zero-order chi connectivity index (χ0) is 12.6. The number of nitrogen functional groups attached to an aromatic ring is 1. The topological polar surface area (TPSA) is 57.9 Å². The van der Waals surface area contributed by atoms with Crippen molar-refractivity contribution in [2.75, 3.05) is 24.7 Å². The second-order valence-electron chi connectivity index (χ2n) is 3.88. The Labute approximate surface area is 97.0 Å². The minimum atomic E-state index is -0.904. The summed E-state index contributed by atoms with van der Waals surface area (Å²) in [5.74, 6) is -1.49. The number of H-pyrrole nitrogens is 1. The highest BCUT2D eigenvalue weighted by molar-refractivity contribution is 5.77. The maximum absolute atomic E-state index is 13.3. The Morgan fingerprint density at radius 3 is 2.35 bits per heavy atom. The van der Waals surface area contributed by atoms with Crippen molar-refractivity contribution in [1.29, 1.82) is 0 Å². The predicted octanol–water partition coefficient (Wildman–Crippen LogP) is 2.00. The molecule has 0 aliphatic heterocycles. The molecule has 0 fully saturated rings. The molecule has 3 N–H and O–H groups in total. The van der Waals surface area contributed by atoms with Crippen molar-refractivity contribution in [2.45, 2.75) is 0 Å². The van der Waals surface area contributed by atoms with Crippen molar-refractivity contribution in [1.82, 2.24) is 10.2 Å². The summed E-state index contributed by atoms with van der Waals surface area (Å²) in [6.07, 6.45) is 0. The van der Waals surface area contributed by atoms with Gasteiger partial charge in [0.1, 0.15) is 5.82 Å². The van der Waals surface area contributed by atoms with Crippen LogP contribution in [0.2, 0.25) is 0 Å². The highest BCUT2D eigenvalue weighted by Gasteiger charge is 2.14. The highest BCUT2D eigenvalue weighted by Crippen LogP contribution is 2.31. The molecule has 0 saturated carbocycles. The van der Waals surface area contributed by atoms with Crippen molar-refractivity contribution in [3.05, 3.63) is 29.8 Å². The molecule has 0 radical (unpaired) electrons. The lowest BCUT2D eigenvalue weighted by molar-refractivity contribution is 0.509. The Morgan fingerprint density at radius 2 is 1.82 bits per heavy atom. The summed E-state index contributed by atoms with van der Waals surface area (Å²) in [7, 11) is 3.49. The number of nitrogens with two attached hydrogens (primary N) is 1. The molecule has 1 aromatic heterocycles. The second kappa shape index (κ2) is 4.04. The molecule has 0 unspecified atom stereocenters. The molecule has 1 aromatic carbocycles. The number of rotatable bonds is 2. The molecule has 0 saturated heterocycles. The van der Waals surface area contributed by atoms with E-state index in [-0.39, 0.29) is 0 Å². The first-order valence-corrected chi connectivity index (χ1v) is 4.96. The average Bonchev–Trinajstić information content (AvgIpc) is 2.68. The number of benzene rings is 1. The van der Waals surface area contributed by atoms with Gasteiger partial charge in [0.2, 0.25) is 0 Å². The molecule has 90 valence electrons. The minimum Gasteiger partial charge on any atom is -0.382 e. The molecule has 1 heterocycles. The third-order valence-corrected chi connectivity index (χ3v) is 2.41. The van der Waals surface area contributed by atoms with Crippen molar-refractivity contribution >= 4 is 11.5 Å². The van der Waals surface area contributed by atoms with Crippen molar-refractivity contribution < 1.29 is 8.78 Å². The monoisotopic (exact) mass is 238 g/mol. The van der Waals surface area contributed by atoms with Gasteiger partial charge in [-0.05, 0) is 6.07 Å². The lowest BCUT2D eigenvalue weighted by Gasteiger charge is -2.17. The molecule has 0 spiro atoms. The van der Waals surface area contributed by atoms with E-state index in [0.717, 1.165) is 12.1 Å². The van der Waals surface area contributed by atoms with Crippen LogP contribution in [0, 0.1) is 11.6 Å². The maximum Gasteiger partial charge on any atom is 0.160 e. The molecular weight excluding hydrogens is 226 g/mol. The molecule has 2 aromatic rings. The first-order valence-electron chi connectivity index (χ1n) is 4.96. The predicted molar refractivity (Wildman–Crippen MR) is 62.7 cm³/mol. The number of aromatic nitrogens is 2. The Hall–Kier alpha value is -2.11. The van der Waals surface area contributed by atoms with Crippen LogP contribution >= 0.6 is 0 Å². The number of hydrogen-bond donors (Lipinski definition) is 2. The van der Waals surface area contributed by atoms with Gasteiger partial charge >= 0.3 is 0 Å². The van der Waals surface area contributed by atoms with Crippen molar-refractivity contribution in [3.8, 4) is 11.3 Å². The summed E-state index contributed by atoms with van der Waals surface area (Å²) in [5.41, 5.74) is 7.09. The van der Waals surface area contributed by atoms with Gasteiger partial charge in [-0.2, -0.15) is 5.10 Å². The van der Waals surface area contributed by atoms with Crippen LogP contribution in [-0.4, -0.2) is 24.3 Å². The van der Waals surface area contributed by atoms with Gasteiger partial charge in [-0.15, -0.1) is 0 Å². The van der Waals surface area contributed by atoms with Gasteiger partial charge in [0.25, 0.3) is 0 Å². The third kappa shape index (κ3) is 2.06. The van der Waals surface area contributed by atoms with E-state index in [9.17, 15) is 8.78 Å². The van der Waals surface area contributed by atoms with E-state index in [0.29, 0.717) is 22.8 Å². The molecule has 0 bridgehead atoms. The summed E-state index contributed by atoms with van der Waals surface area (Å²) in [5, 5.41) is 6.44. The molecule has 6 heteroatoms. The van der Waals surface area contributed by atoms with Crippen LogP contribution in [0.25, 0.3) is 11.3 Å². The standard InChI is InChI=1S/C11H12F2N4/c1-17(2)10-4-8(13)7(12)3-6(10)9-5-11(14)16-15-9/h3-5H,1-2H3,(H3,14,15,16). The maximum atomic E-state index is 13.3. The van der Waals surface area contributed by atoms with E-state index in [2.05, 4.69) is 10.2 Å².